The Balaban J connectivity index is 0. The molecule has 0 aliphatic rings. The molecule has 0 amide bonds. The number of hydrogen-bond acceptors (Lipinski definition) is 1. The maximum atomic E-state index is 3.00. The van der Waals surface area contributed by atoms with Crippen LogP contribution in [0.3, 0.4) is 0 Å². The monoisotopic (exact) mass is 243 g/mol. The van der Waals surface area contributed by atoms with Gasteiger partial charge in [0.1, 0.15) is 0 Å². The third kappa shape index (κ3) is 3.45. The predicted octanol–water partition coefficient (Wildman–Crippen LogP) is -0.435. The van der Waals surface area contributed by atoms with Gasteiger partial charge in [0, 0.05) is 5.69 Å². The van der Waals surface area contributed by atoms with Crippen LogP contribution in [0, 0.1) is 0 Å². The molecule has 1 N–H and O–H groups in total. The van der Waals surface area contributed by atoms with Crippen molar-refractivity contribution >= 4 is 28.6 Å². The Bertz CT molecular complexity index is 159. The third-order valence-corrected chi connectivity index (χ3v) is 1.51. The van der Waals surface area contributed by atoms with Crippen molar-refractivity contribution < 1.29 is 31.0 Å². The Hall–Kier alpha value is 0.750. The minimum Gasteiger partial charge on any atom is -1.00 e. The van der Waals surface area contributed by atoms with Crippen LogP contribution in [0.25, 0.3) is 0 Å². The van der Waals surface area contributed by atoms with Crippen LogP contribution in [0.5, 0.6) is 0 Å². The normalized spacial score (nSPS) is 7.67. The quantitative estimate of drug-likeness (QED) is 0.401. The summed E-state index contributed by atoms with van der Waals surface area (Å²) in [6.45, 7) is 0. The second-order valence-corrected chi connectivity index (χ2v) is 2.00. The number of para-hydroxylation sites is 1. The molecule has 0 aromatic heterocycles. The summed E-state index contributed by atoms with van der Waals surface area (Å²) in [6.07, 6.45) is 0. The van der Waals surface area contributed by atoms with Gasteiger partial charge in [0.25, 0.3) is 0 Å². The number of rotatable bonds is 1. The van der Waals surface area contributed by atoms with Crippen molar-refractivity contribution in [3.63, 3.8) is 0 Å². The van der Waals surface area contributed by atoms with Crippen LogP contribution in [0.4, 0.5) is 5.69 Å². The standard InChI is InChI=1S/C6H6IN.Na.H/c7-8-6-4-2-1-3-5-6;;/h1-5,8H;;/q;+1;-1. The van der Waals surface area contributed by atoms with E-state index in [1.165, 1.54) is 0 Å². The van der Waals surface area contributed by atoms with Crippen LogP contribution in [-0.2, 0) is 0 Å². The van der Waals surface area contributed by atoms with Crippen LogP contribution in [0.15, 0.2) is 30.3 Å². The van der Waals surface area contributed by atoms with Crippen LogP contribution < -0.4 is 33.1 Å². The van der Waals surface area contributed by atoms with Crippen molar-refractivity contribution in [1.82, 2.24) is 0 Å². The molecule has 0 atom stereocenters. The summed E-state index contributed by atoms with van der Waals surface area (Å²) in [4.78, 5) is 0. The first-order chi connectivity index (χ1) is 3.93. The van der Waals surface area contributed by atoms with Gasteiger partial charge in [0.15, 0.2) is 0 Å². The first-order valence-corrected chi connectivity index (χ1v) is 3.43. The van der Waals surface area contributed by atoms with E-state index >= 15 is 0 Å². The van der Waals surface area contributed by atoms with Crippen molar-refractivity contribution in [2.45, 2.75) is 0 Å². The average molecular weight is 243 g/mol. The summed E-state index contributed by atoms with van der Waals surface area (Å²) in [5.74, 6) is 0. The summed E-state index contributed by atoms with van der Waals surface area (Å²) in [6, 6.07) is 10.0. The molecule has 0 fully saturated rings. The second-order valence-electron chi connectivity index (χ2n) is 1.46. The topological polar surface area (TPSA) is 12.0 Å². The van der Waals surface area contributed by atoms with Crippen LogP contribution in [0.1, 0.15) is 1.43 Å². The van der Waals surface area contributed by atoms with Crippen molar-refractivity contribution in [2.24, 2.45) is 0 Å². The van der Waals surface area contributed by atoms with E-state index in [4.69, 9.17) is 0 Å². The van der Waals surface area contributed by atoms with Crippen LogP contribution >= 0.6 is 22.9 Å². The van der Waals surface area contributed by atoms with Crippen molar-refractivity contribution in [3.8, 4) is 0 Å². The van der Waals surface area contributed by atoms with Crippen molar-refractivity contribution in [3.05, 3.63) is 30.3 Å². The number of hydrogen-bond donors (Lipinski definition) is 1. The Morgan fingerprint density at radius 2 is 1.78 bits per heavy atom. The zero-order chi connectivity index (χ0) is 5.82. The molecular weight excluding hydrogens is 236 g/mol. The van der Waals surface area contributed by atoms with E-state index in [-0.39, 0.29) is 31.0 Å². The number of benzene rings is 1. The Labute approximate surface area is 92.5 Å². The Morgan fingerprint density at radius 3 is 2.11 bits per heavy atom. The first kappa shape index (κ1) is 9.75. The third-order valence-electron chi connectivity index (χ3n) is 0.883. The molecule has 0 bridgehead atoms. The fourth-order valence-corrected chi connectivity index (χ4v) is 0.861. The van der Waals surface area contributed by atoms with Crippen molar-refractivity contribution in [1.29, 1.82) is 0 Å². The van der Waals surface area contributed by atoms with Gasteiger partial charge < -0.3 is 4.96 Å². The molecule has 0 heterocycles. The number of halogens is 1. The maximum Gasteiger partial charge on any atom is 1.00 e. The van der Waals surface area contributed by atoms with Crippen LogP contribution in [-0.4, -0.2) is 0 Å². The average Bonchev–Trinajstić information content (AvgIpc) is 1.90. The van der Waals surface area contributed by atoms with Gasteiger partial charge in [0.05, 0.1) is 22.9 Å². The van der Waals surface area contributed by atoms with Gasteiger partial charge >= 0.3 is 29.6 Å². The van der Waals surface area contributed by atoms with Gasteiger partial charge in [-0.3, -0.25) is 0 Å². The largest absolute Gasteiger partial charge is 1.00 e. The molecule has 0 spiro atoms. The van der Waals surface area contributed by atoms with Gasteiger partial charge in [-0.25, -0.2) is 0 Å². The van der Waals surface area contributed by atoms with E-state index in [0.717, 1.165) is 5.69 Å². The molecule has 1 rings (SSSR count). The molecule has 0 saturated carbocycles. The molecule has 1 nitrogen and oxygen atoms in total. The molecule has 0 aliphatic heterocycles. The Morgan fingerprint density at radius 1 is 1.22 bits per heavy atom. The molecular formula is C6H7INNa. The molecule has 3 heteroatoms. The molecule has 1 aromatic rings. The summed E-state index contributed by atoms with van der Waals surface area (Å²) in [7, 11) is 0. The Kier molecular flexibility index (Phi) is 5.99. The smallest absolute Gasteiger partial charge is 1.00 e. The van der Waals surface area contributed by atoms with Crippen molar-refractivity contribution in [2.75, 3.05) is 3.53 Å². The van der Waals surface area contributed by atoms with E-state index in [9.17, 15) is 0 Å². The summed E-state index contributed by atoms with van der Waals surface area (Å²) in [5.41, 5.74) is 1.15. The van der Waals surface area contributed by atoms with E-state index in [1.54, 1.807) is 0 Å². The summed E-state index contributed by atoms with van der Waals surface area (Å²) >= 11 is 2.10. The summed E-state index contributed by atoms with van der Waals surface area (Å²) < 4.78 is 3.00. The molecule has 0 saturated heterocycles. The predicted molar refractivity (Wildman–Crippen MR) is 45.2 cm³/mol. The fraction of sp³-hybridized carbons (Fsp3) is 0. The summed E-state index contributed by atoms with van der Waals surface area (Å²) in [5, 5.41) is 0. The molecule has 1 aromatic carbocycles. The van der Waals surface area contributed by atoms with E-state index < -0.39 is 0 Å². The number of nitrogens with one attached hydrogen (secondary N) is 1. The molecule has 0 aliphatic carbocycles. The van der Waals surface area contributed by atoms with Gasteiger partial charge in [-0.1, -0.05) is 18.2 Å². The SMILES string of the molecule is INc1ccccc1.[H-].[Na+]. The van der Waals surface area contributed by atoms with Crippen LogP contribution in [0.2, 0.25) is 0 Å². The molecule has 9 heavy (non-hydrogen) atoms. The van der Waals surface area contributed by atoms with E-state index in [0.29, 0.717) is 0 Å². The van der Waals surface area contributed by atoms with Gasteiger partial charge in [-0.15, -0.1) is 0 Å². The second kappa shape index (κ2) is 5.53. The molecule has 44 valence electrons. The molecule has 0 unspecified atom stereocenters. The van der Waals surface area contributed by atoms with Gasteiger partial charge in [0.2, 0.25) is 0 Å². The number of anilines is 1. The minimum atomic E-state index is 0. The fourth-order valence-electron chi connectivity index (χ4n) is 0.501. The van der Waals surface area contributed by atoms with E-state index in [1.807, 2.05) is 30.3 Å². The van der Waals surface area contributed by atoms with E-state index in [2.05, 4.69) is 26.4 Å². The zero-order valence-corrected chi connectivity index (χ0v) is 9.42. The van der Waals surface area contributed by atoms with Gasteiger partial charge in [-0.05, 0) is 12.1 Å². The maximum absolute atomic E-state index is 3.00. The van der Waals surface area contributed by atoms with Gasteiger partial charge in [-0.2, -0.15) is 0 Å². The first-order valence-electron chi connectivity index (χ1n) is 2.35. The molecule has 0 radical (unpaired) electrons. The zero-order valence-electron chi connectivity index (χ0n) is 6.26. The minimum absolute atomic E-state index is 0.